The lowest BCUT2D eigenvalue weighted by molar-refractivity contribution is -0.123. The Kier molecular flexibility index (Phi) is 2.96. The summed E-state index contributed by atoms with van der Waals surface area (Å²) in [6.45, 7) is 2.46. The van der Waals surface area contributed by atoms with Crippen molar-refractivity contribution in [2.45, 2.75) is 44.7 Å². The molecule has 0 aliphatic heterocycles. The summed E-state index contributed by atoms with van der Waals surface area (Å²) in [6.07, 6.45) is 5.24. The topological polar surface area (TPSA) is 83.8 Å². The number of nitrogens with two attached hydrogens (primary N) is 1. The van der Waals surface area contributed by atoms with Gasteiger partial charge < -0.3 is 11.1 Å². The number of H-pyrrole nitrogens is 1. The summed E-state index contributed by atoms with van der Waals surface area (Å²) in [5, 5.41) is 9.61. The highest BCUT2D eigenvalue weighted by Crippen LogP contribution is 2.31. The van der Waals surface area contributed by atoms with Crippen LogP contribution in [0.5, 0.6) is 0 Å². The van der Waals surface area contributed by atoms with Crippen LogP contribution in [-0.4, -0.2) is 21.6 Å². The van der Waals surface area contributed by atoms with Crippen molar-refractivity contribution in [3.8, 4) is 0 Å². The van der Waals surface area contributed by atoms with Crippen molar-refractivity contribution in [1.29, 1.82) is 0 Å². The van der Waals surface area contributed by atoms with Crippen molar-refractivity contribution < 1.29 is 4.79 Å². The van der Waals surface area contributed by atoms with Crippen LogP contribution in [0.3, 0.4) is 0 Å². The van der Waals surface area contributed by atoms with Gasteiger partial charge in [0.05, 0.1) is 6.20 Å². The molecule has 0 unspecified atom stereocenters. The standard InChI is InChI=1S/C11H18N4O/c1-8-9(7-14-15-8)6-13-10(16)5-11(12)3-2-4-11/h7H,2-6,12H2,1H3,(H,13,16)(H,14,15). The first-order valence-electron chi connectivity index (χ1n) is 5.63. The SMILES string of the molecule is Cc1[nH]ncc1CNC(=O)CC1(N)CCC1. The predicted octanol–water partition coefficient (Wildman–Crippen LogP) is 0.606. The number of hydrogen-bond acceptors (Lipinski definition) is 3. The highest BCUT2D eigenvalue weighted by atomic mass is 16.1. The van der Waals surface area contributed by atoms with Crippen LogP contribution in [0.4, 0.5) is 0 Å². The number of carbonyl (C=O) groups excluding carboxylic acids is 1. The maximum atomic E-state index is 11.6. The number of aryl methyl sites for hydroxylation is 1. The van der Waals surface area contributed by atoms with Crippen LogP contribution < -0.4 is 11.1 Å². The largest absolute Gasteiger partial charge is 0.352 e. The molecule has 0 bridgehead atoms. The molecule has 0 spiro atoms. The quantitative estimate of drug-likeness (QED) is 0.697. The summed E-state index contributed by atoms with van der Waals surface area (Å²) in [4.78, 5) is 11.6. The molecule has 1 heterocycles. The summed E-state index contributed by atoms with van der Waals surface area (Å²) in [5.74, 6) is 0.0304. The van der Waals surface area contributed by atoms with Gasteiger partial charge in [0.1, 0.15) is 0 Å². The zero-order valence-electron chi connectivity index (χ0n) is 9.55. The second-order valence-corrected chi connectivity index (χ2v) is 4.69. The fourth-order valence-corrected chi connectivity index (χ4v) is 1.94. The summed E-state index contributed by atoms with van der Waals surface area (Å²) in [7, 11) is 0. The third-order valence-electron chi connectivity index (χ3n) is 3.27. The number of aromatic nitrogens is 2. The third kappa shape index (κ3) is 2.41. The Morgan fingerprint density at radius 2 is 2.44 bits per heavy atom. The lowest BCUT2D eigenvalue weighted by Gasteiger charge is -2.37. The molecular formula is C11H18N4O. The van der Waals surface area contributed by atoms with Crippen molar-refractivity contribution in [2.75, 3.05) is 0 Å². The Labute approximate surface area is 94.8 Å². The van der Waals surface area contributed by atoms with Crippen molar-refractivity contribution in [1.82, 2.24) is 15.5 Å². The zero-order valence-corrected chi connectivity index (χ0v) is 9.55. The van der Waals surface area contributed by atoms with Crippen molar-refractivity contribution >= 4 is 5.91 Å². The molecule has 4 N–H and O–H groups in total. The van der Waals surface area contributed by atoms with Crippen molar-refractivity contribution in [2.24, 2.45) is 5.73 Å². The number of nitrogens with zero attached hydrogens (tertiary/aromatic N) is 1. The number of nitrogens with one attached hydrogen (secondary N) is 2. The molecule has 1 aromatic rings. The van der Waals surface area contributed by atoms with E-state index in [9.17, 15) is 4.79 Å². The van der Waals surface area contributed by atoms with E-state index in [0.717, 1.165) is 30.5 Å². The predicted molar refractivity (Wildman–Crippen MR) is 60.6 cm³/mol. The van der Waals surface area contributed by atoms with Gasteiger partial charge in [0.15, 0.2) is 0 Å². The molecule has 1 aliphatic rings. The van der Waals surface area contributed by atoms with Crippen molar-refractivity contribution in [3.05, 3.63) is 17.5 Å². The van der Waals surface area contributed by atoms with Crippen LogP contribution >= 0.6 is 0 Å². The van der Waals surface area contributed by atoms with Gasteiger partial charge in [0.25, 0.3) is 0 Å². The van der Waals surface area contributed by atoms with E-state index in [1.807, 2.05) is 6.92 Å². The highest BCUT2D eigenvalue weighted by Gasteiger charge is 2.34. The van der Waals surface area contributed by atoms with Gasteiger partial charge in [-0.1, -0.05) is 0 Å². The van der Waals surface area contributed by atoms with Crippen LogP contribution in [0.25, 0.3) is 0 Å². The molecule has 0 aromatic carbocycles. The van der Waals surface area contributed by atoms with Crippen LogP contribution in [0.1, 0.15) is 36.9 Å². The van der Waals surface area contributed by atoms with Gasteiger partial charge in [-0.2, -0.15) is 5.10 Å². The molecule has 5 heteroatoms. The molecule has 88 valence electrons. The summed E-state index contributed by atoms with van der Waals surface area (Å²) in [5.41, 5.74) is 7.78. The molecule has 5 nitrogen and oxygen atoms in total. The van der Waals surface area contributed by atoms with E-state index >= 15 is 0 Å². The average molecular weight is 222 g/mol. The summed E-state index contributed by atoms with van der Waals surface area (Å²) in [6, 6.07) is 0. The van der Waals surface area contributed by atoms with Gasteiger partial charge in [-0.3, -0.25) is 9.89 Å². The third-order valence-corrected chi connectivity index (χ3v) is 3.27. The zero-order chi connectivity index (χ0) is 11.6. The van der Waals surface area contributed by atoms with E-state index < -0.39 is 0 Å². The fraction of sp³-hybridized carbons (Fsp3) is 0.636. The Balaban J connectivity index is 1.78. The van der Waals surface area contributed by atoms with E-state index in [4.69, 9.17) is 5.73 Å². The van der Waals surface area contributed by atoms with E-state index in [1.165, 1.54) is 0 Å². The van der Waals surface area contributed by atoms with Crippen LogP contribution in [0.15, 0.2) is 6.20 Å². The van der Waals surface area contributed by atoms with E-state index in [0.29, 0.717) is 13.0 Å². The molecule has 16 heavy (non-hydrogen) atoms. The molecule has 0 atom stereocenters. The molecule has 1 fully saturated rings. The molecule has 0 saturated heterocycles. The van der Waals surface area contributed by atoms with Crippen LogP contribution in [0.2, 0.25) is 0 Å². The van der Waals surface area contributed by atoms with E-state index in [1.54, 1.807) is 6.20 Å². The van der Waals surface area contributed by atoms with Gasteiger partial charge >= 0.3 is 0 Å². The first-order valence-corrected chi connectivity index (χ1v) is 5.63. The highest BCUT2D eigenvalue weighted by molar-refractivity contribution is 5.77. The normalized spacial score (nSPS) is 17.9. The molecule has 1 aromatic heterocycles. The maximum Gasteiger partial charge on any atom is 0.222 e. The summed E-state index contributed by atoms with van der Waals surface area (Å²) >= 11 is 0. The van der Waals surface area contributed by atoms with Crippen LogP contribution in [-0.2, 0) is 11.3 Å². The monoisotopic (exact) mass is 222 g/mol. The number of aromatic amines is 1. The fourth-order valence-electron chi connectivity index (χ4n) is 1.94. The van der Waals surface area contributed by atoms with Crippen molar-refractivity contribution in [3.63, 3.8) is 0 Å². The second-order valence-electron chi connectivity index (χ2n) is 4.69. The Hall–Kier alpha value is -1.36. The van der Waals surface area contributed by atoms with E-state index in [2.05, 4.69) is 15.5 Å². The first kappa shape index (κ1) is 11.1. The van der Waals surface area contributed by atoms with Gasteiger partial charge in [-0.25, -0.2) is 0 Å². The Morgan fingerprint density at radius 1 is 1.69 bits per heavy atom. The second kappa shape index (κ2) is 4.25. The minimum Gasteiger partial charge on any atom is -0.352 e. The van der Waals surface area contributed by atoms with Gasteiger partial charge in [0, 0.05) is 29.8 Å². The minimum absolute atomic E-state index is 0.0304. The first-order chi connectivity index (χ1) is 7.59. The minimum atomic E-state index is -0.241. The lowest BCUT2D eigenvalue weighted by Crippen LogP contribution is -2.49. The molecule has 1 amide bonds. The number of rotatable bonds is 4. The number of hydrogen-bond donors (Lipinski definition) is 3. The molecule has 0 radical (unpaired) electrons. The summed E-state index contributed by atoms with van der Waals surface area (Å²) < 4.78 is 0. The van der Waals surface area contributed by atoms with Crippen LogP contribution in [0, 0.1) is 6.92 Å². The van der Waals surface area contributed by atoms with Gasteiger partial charge in [0.2, 0.25) is 5.91 Å². The average Bonchev–Trinajstić information content (AvgIpc) is 2.59. The van der Waals surface area contributed by atoms with E-state index in [-0.39, 0.29) is 11.4 Å². The van der Waals surface area contributed by atoms with Gasteiger partial charge in [-0.15, -0.1) is 0 Å². The maximum absolute atomic E-state index is 11.6. The molecule has 1 saturated carbocycles. The molecular weight excluding hydrogens is 204 g/mol. The Bertz CT molecular complexity index is 381. The number of carbonyl (C=O) groups is 1. The smallest absolute Gasteiger partial charge is 0.222 e. The molecule has 2 rings (SSSR count). The number of amides is 1. The molecule has 1 aliphatic carbocycles. The van der Waals surface area contributed by atoms with Gasteiger partial charge in [-0.05, 0) is 26.2 Å². The Morgan fingerprint density at radius 3 is 2.94 bits per heavy atom. The lowest BCUT2D eigenvalue weighted by atomic mass is 9.75.